The van der Waals surface area contributed by atoms with E-state index in [9.17, 15) is 28.1 Å². The van der Waals surface area contributed by atoms with Gasteiger partial charge in [-0.15, -0.1) is 0 Å². The molecule has 110 valence electrons. The van der Waals surface area contributed by atoms with Gasteiger partial charge in [0, 0.05) is 29.6 Å². The number of hydrogen-bond donors (Lipinski definition) is 0. The van der Waals surface area contributed by atoms with Crippen molar-refractivity contribution in [1.29, 1.82) is 0 Å². The summed E-state index contributed by atoms with van der Waals surface area (Å²) in [6.45, 7) is -1.55. The van der Waals surface area contributed by atoms with Gasteiger partial charge in [0.25, 0.3) is 11.6 Å². The number of halogens is 4. The predicted molar refractivity (Wildman–Crippen MR) is 68.8 cm³/mol. The van der Waals surface area contributed by atoms with Gasteiger partial charge in [0.1, 0.15) is 6.54 Å². The maximum atomic E-state index is 12.4. The van der Waals surface area contributed by atoms with Gasteiger partial charge in [-0.1, -0.05) is 22.0 Å². The number of benzene rings is 1. The summed E-state index contributed by atoms with van der Waals surface area (Å²) >= 11 is 2.97. The van der Waals surface area contributed by atoms with Crippen molar-refractivity contribution in [2.75, 3.05) is 18.4 Å². The summed E-state index contributed by atoms with van der Waals surface area (Å²) in [5.41, 5.74) is -0.494. The first-order valence-electron chi connectivity index (χ1n) is 5.41. The molecule has 0 unspecified atom stereocenters. The summed E-state index contributed by atoms with van der Waals surface area (Å²) in [5.74, 6) is -0.898. The maximum absolute atomic E-state index is 12.4. The molecule has 0 radical (unpaired) electrons. The van der Waals surface area contributed by atoms with E-state index in [0.29, 0.717) is 4.90 Å². The quantitative estimate of drug-likeness (QED) is 0.463. The fourth-order valence-electron chi connectivity index (χ4n) is 1.51. The lowest BCUT2D eigenvalue weighted by Gasteiger charge is -2.23. The Bertz CT molecular complexity index is 508. The molecule has 0 atom stereocenters. The average Bonchev–Trinajstić information content (AvgIpc) is 2.36. The predicted octanol–water partition coefficient (Wildman–Crippen LogP) is 2.99. The fourth-order valence-corrected chi connectivity index (χ4v) is 1.93. The van der Waals surface area contributed by atoms with Crippen LogP contribution in [0.25, 0.3) is 0 Å². The molecule has 0 N–H and O–H groups in total. The molecule has 1 rings (SSSR count). The van der Waals surface area contributed by atoms with Gasteiger partial charge >= 0.3 is 6.18 Å². The van der Waals surface area contributed by atoms with Gasteiger partial charge in [0.05, 0.1) is 4.92 Å². The number of alkyl halides is 4. The third-order valence-corrected chi connectivity index (χ3v) is 2.67. The Labute approximate surface area is 120 Å². The van der Waals surface area contributed by atoms with Gasteiger partial charge < -0.3 is 4.90 Å². The van der Waals surface area contributed by atoms with Crippen LogP contribution in [0, 0.1) is 10.1 Å². The van der Waals surface area contributed by atoms with Crippen LogP contribution < -0.4 is 0 Å². The highest BCUT2D eigenvalue weighted by atomic mass is 79.9. The lowest BCUT2D eigenvalue weighted by molar-refractivity contribution is -0.384. The van der Waals surface area contributed by atoms with E-state index in [1.165, 1.54) is 12.1 Å². The average molecular weight is 355 g/mol. The minimum absolute atomic E-state index is 0.149. The number of nitro groups is 1. The zero-order valence-corrected chi connectivity index (χ0v) is 11.6. The lowest BCUT2D eigenvalue weighted by atomic mass is 10.1. The molecule has 0 fully saturated rings. The van der Waals surface area contributed by atoms with Crippen LogP contribution in [0.15, 0.2) is 24.3 Å². The number of nitrogens with zero attached hydrogens (tertiary/aromatic N) is 2. The van der Waals surface area contributed by atoms with E-state index in [2.05, 4.69) is 15.9 Å². The molecule has 1 aromatic carbocycles. The second-order valence-corrected chi connectivity index (χ2v) is 4.63. The molecule has 1 amide bonds. The molecule has 20 heavy (non-hydrogen) atoms. The topological polar surface area (TPSA) is 63.4 Å². The molecule has 0 saturated carbocycles. The molecule has 0 aliphatic rings. The molecular weight excluding hydrogens is 345 g/mol. The summed E-state index contributed by atoms with van der Waals surface area (Å²) in [4.78, 5) is 22.4. The number of carbonyl (C=O) groups excluding carboxylic acids is 1. The maximum Gasteiger partial charge on any atom is 0.406 e. The van der Waals surface area contributed by atoms with Gasteiger partial charge in [-0.05, 0) is 6.07 Å². The SMILES string of the molecule is O=C(c1cccc([N+](=O)[O-])c1)N(CCBr)CC(F)(F)F. The van der Waals surface area contributed by atoms with Gasteiger partial charge in [-0.2, -0.15) is 13.2 Å². The van der Waals surface area contributed by atoms with E-state index in [1.54, 1.807) is 0 Å². The molecule has 0 heterocycles. The number of nitro benzene ring substituents is 1. The van der Waals surface area contributed by atoms with Crippen molar-refractivity contribution < 1.29 is 22.9 Å². The molecule has 0 aliphatic carbocycles. The van der Waals surface area contributed by atoms with E-state index >= 15 is 0 Å². The van der Waals surface area contributed by atoms with Crippen LogP contribution in [-0.4, -0.2) is 40.3 Å². The monoisotopic (exact) mass is 354 g/mol. The summed E-state index contributed by atoms with van der Waals surface area (Å²) in [5, 5.41) is 10.8. The van der Waals surface area contributed by atoms with Crippen LogP contribution in [0.5, 0.6) is 0 Å². The smallest absolute Gasteiger partial charge is 0.329 e. The van der Waals surface area contributed by atoms with Gasteiger partial charge in [0.2, 0.25) is 0 Å². The highest BCUT2D eigenvalue weighted by Gasteiger charge is 2.33. The fraction of sp³-hybridized carbons (Fsp3) is 0.364. The standard InChI is InChI=1S/C11H10BrF3N2O3/c12-4-5-16(7-11(13,14)15)10(18)8-2-1-3-9(6-8)17(19)20/h1-3,6H,4-5,7H2. The number of amides is 1. The first-order valence-corrected chi connectivity index (χ1v) is 6.53. The number of hydrogen-bond acceptors (Lipinski definition) is 3. The van der Waals surface area contributed by atoms with Crippen LogP contribution >= 0.6 is 15.9 Å². The van der Waals surface area contributed by atoms with Crippen LogP contribution in [-0.2, 0) is 0 Å². The molecule has 1 aromatic rings. The third-order valence-electron chi connectivity index (χ3n) is 2.32. The molecule has 0 bridgehead atoms. The van der Waals surface area contributed by atoms with E-state index in [4.69, 9.17) is 0 Å². The molecule has 0 spiro atoms. The molecular formula is C11H10BrF3N2O3. The lowest BCUT2D eigenvalue weighted by Crippen LogP contribution is -2.40. The summed E-state index contributed by atoms with van der Waals surface area (Å²) in [6.07, 6.45) is -4.53. The van der Waals surface area contributed by atoms with E-state index in [0.717, 1.165) is 12.1 Å². The summed E-state index contributed by atoms with van der Waals surface area (Å²) in [6, 6.07) is 4.62. The Morgan fingerprint density at radius 3 is 2.55 bits per heavy atom. The molecule has 0 saturated heterocycles. The van der Waals surface area contributed by atoms with E-state index in [1.807, 2.05) is 0 Å². The van der Waals surface area contributed by atoms with Crippen molar-refractivity contribution in [3.05, 3.63) is 39.9 Å². The zero-order valence-electron chi connectivity index (χ0n) is 10.1. The van der Waals surface area contributed by atoms with Crippen molar-refractivity contribution in [2.45, 2.75) is 6.18 Å². The van der Waals surface area contributed by atoms with E-state index < -0.39 is 23.6 Å². The second-order valence-electron chi connectivity index (χ2n) is 3.84. The Hall–Kier alpha value is -1.64. The minimum Gasteiger partial charge on any atom is -0.329 e. The van der Waals surface area contributed by atoms with Gasteiger partial charge in [0.15, 0.2) is 0 Å². The second kappa shape index (κ2) is 6.69. The van der Waals surface area contributed by atoms with Crippen LogP contribution in [0.2, 0.25) is 0 Å². The molecule has 0 aliphatic heterocycles. The summed E-state index contributed by atoms with van der Waals surface area (Å²) in [7, 11) is 0. The highest BCUT2D eigenvalue weighted by Crippen LogP contribution is 2.20. The number of rotatable bonds is 5. The van der Waals surface area contributed by atoms with Crippen molar-refractivity contribution in [2.24, 2.45) is 0 Å². The molecule has 0 aromatic heterocycles. The van der Waals surface area contributed by atoms with Gasteiger partial charge in [-0.25, -0.2) is 0 Å². The first-order chi connectivity index (χ1) is 9.24. The third kappa shape index (κ3) is 4.80. The van der Waals surface area contributed by atoms with Gasteiger partial charge in [-0.3, -0.25) is 14.9 Å². The zero-order chi connectivity index (χ0) is 15.3. The molecule has 9 heteroatoms. The van der Waals surface area contributed by atoms with Crippen molar-refractivity contribution >= 4 is 27.5 Å². The first kappa shape index (κ1) is 16.4. The van der Waals surface area contributed by atoms with Crippen molar-refractivity contribution in [3.8, 4) is 0 Å². The highest BCUT2D eigenvalue weighted by molar-refractivity contribution is 9.09. The van der Waals surface area contributed by atoms with Crippen LogP contribution in [0.3, 0.4) is 0 Å². The normalized spacial score (nSPS) is 11.2. The van der Waals surface area contributed by atoms with Crippen molar-refractivity contribution in [3.63, 3.8) is 0 Å². The Balaban J connectivity index is 3.00. The minimum atomic E-state index is -4.53. The van der Waals surface area contributed by atoms with Crippen LogP contribution in [0.1, 0.15) is 10.4 Å². The number of carbonyl (C=O) groups is 1. The molecule has 5 nitrogen and oxygen atoms in total. The van der Waals surface area contributed by atoms with Crippen LogP contribution in [0.4, 0.5) is 18.9 Å². The summed E-state index contributed by atoms with van der Waals surface area (Å²) < 4.78 is 37.2. The Morgan fingerprint density at radius 1 is 1.40 bits per heavy atom. The van der Waals surface area contributed by atoms with Crippen molar-refractivity contribution in [1.82, 2.24) is 4.90 Å². The number of non-ortho nitro benzene ring substituents is 1. The Morgan fingerprint density at radius 2 is 2.05 bits per heavy atom. The van der Waals surface area contributed by atoms with E-state index in [-0.39, 0.29) is 23.1 Å². The largest absolute Gasteiger partial charge is 0.406 e. The Kier molecular flexibility index (Phi) is 5.49.